The van der Waals surface area contributed by atoms with Gasteiger partial charge in [0.25, 0.3) is 0 Å². The fourth-order valence-electron chi connectivity index (χ4n) is 3.24. The van der Waals surface area contributed by atoms with Gasteiger partial charge < -0.3 is 9.47 Å². The van der Waals surface area contributed by atoms with Crippen LogP contribution in [-0.4, -0.2) is 13.1 Å². The molecule has 1 aliphatic rings. The molecule has 0 amide bonds. The zero-order valence-corrected chi connectivity index (χ0v) is 17.9. The number of carbonyl (C=O) groups is 1. The Kier molecular flexibility index (Phi) is 6.48. The molecule has 0 aromatic heterocycles. The zero-order chi connectivity index (χ0) is 19.8. The minimum atomic E-state index is -1.43. The number of benzene rings is 1. The van der Waals surface area contributed by atoms with Crippen molar-refractivity contribution in [3.05, 3.63) is 38.0 Å². The summed E-state index contributed by atoms with van der Waals surface area (Å²) in [4.78, 5) is 12.4. The number of esters is 1. The Morgan fingerprint density at radius 2 is 1.77 bits per heavy atom. The van der Waals surface area contributed by atoms with Crippen molar-refractivity contribution in [2.45, 2.75) is 33.8 Å². The summed E-state index contributed by atoms with van der Waals surface area (Å²) < 4.78 is 53.1. The van der Waals surface area contributed by atoms with Gasteiger partial charge >= 0.3 is 5.97 Å². The molecule has 0 saturated heterocycles. The van der Waals surface area contributed by atoms with E-state index in [1.54, 1.807) is 6.92 Å². The summed E-state index contributed by atoms with van der Waals surface area (Å²) in [5.74, 6) is -5.43. The number of ether oxygens (including phenoxy) is 2. The van der Waals surface area contributed by atoms with E-state index >= 15 is 0 Å². The minimum Gasteiger partial charge on any atom is -0.491 e. The van der Waals surface area contributed by atoms with Gasteiger partial charge in [-0.3, -0.25) is 4.79 Å². The first-order chi connectivity index (χ1) is 12.1. The van der Waals surface area contributed by atoms with Gasteiger partial charge in [-0.1, -0.05) is 26.8 Å². The maximum Gasteiger partial charge on any atom is 0.310 e. The van der Waals surface area contributed by atoms with Crippen molar-refractivity contribution < 1.29 is 27.4 Å². The van der Waals surface area contributed by atoms with E-state index in [0.29, 0.717) is 0 Å². The highest BCUT2D eigenvalue weighted by molar-refractivity contribution is 9.28. The Labute approximate surface area is 167 Å². The van der Waals surface area contributed by atoms with Crippen LogP contribution in [0.3, 0.4) is 0 Å². The molecule has 1 aromatic rings. The number of rotatable bonds is 6. The topological polar surface area (TPSA) is 35.5 Å². The van der Waals surface area contributed by atoms with Gasteiger partial charge in [0.1, 0.15) is 6.61 Å². The fourth-order valence-corrected chi connectivity index (χ4v) is 3.81. The Morgan fingerprint density at radius 1 is 1.15 bits per heavy atom. The molecule has 0 aliphatic heterocycles. The summed E-state index contributed by atoms with van der Waals surface area (Å²) in [6.07, 6.45) is 1.94. The second-order valence-electron chi connectivity index (χ2n) is 6.67. The maximum atomic E-state index is 14.3. The van der Waals surface area contributed by atoms with Crippen molar-refractivity contribution in [2.75, 3.05) is 7.11 Å². The van der Waals surface area contributed by atoms with E-state index in [0.717, 1.165) is 10.5 Å². The molecular formula is C18H19Br2F3O3. The van der Waals surface area contributed by atoms with Crippen molar-refractivity contribution in [3.8, 4) is 5.75 Å². The van der Waals surface area contributed by atoms with E-state index in [1.165, 1.54) is 0 Å². The van der Waals surface area contributed by atoms with Crippen molar-refractivity contribution >= 4 is 37.8 Å². The highest BCUT2D eigenvalue weighted by atomic mass is 79.9. The third-order valence-corrected chi connectivity index (χ3v) is 5.40. The van der Waals surface area contributed by atoms with Crippen LogP contribution in [0.5, 0.6) is 5.75 Å². The third kappa shape index (κ3) is 3.81. The van der Waals surface area contributed by atoms with E-state index in [9.17, 15) is 18.0 Å². The second kappa shape index (κ2) is 7.92. The van der Waals surface area contributed by atoms with Crippen LogP contribution in [0.2, 0.25) is 0 Å². The van der Waals surface area contributed by atoms with Crippen molar-refractivity contribution in [1.29, 1.82) is 0 Å². The first-order valence-corrected chi connectivity index (χ1v) is 9.58. The monoisotopic (exact) mass is 498 g/mol. The van der Waals surface area contributed by atoms with Gasteiger partial charge in [0.15, 0.2) is 17.4 Å². The van der Waals surface area contributed by atoms with Crippen LogP contribution in [0.1, 0.15) is 31.9 Å². The van der Waals surface area contributed by atoms with Gasteiger partial charge in [0.2, 0.25) is 5.82 Å². The number of halogens is 5. The van der Waals surface area contributed by atoms with Gasteiger partial charge in [-0.2, -0.15) is 4.39 Å². The molecule has 3 nitrogen and oxygen atoms in total. The van der Waals surface area contributed by atoms with Crippen LogP contribution >= 0.6 is 31.9 Å². The van der Waals surface area contributed by atoms with Gasteiger partial charge in [0, 0.05) is 11.1 Å². The summed E-state index contributed by atoms with van der Waals surface area (Å²) in [7, 11) is 1.06. The minimum absolute atomic E-state index is 0.0522. The summed E-state index contributed by atoms with van der Waals surface area (Å²) in [5.41, 5.74) is -0.681. The Hall–Kier alpha value is -1.02. The molecule has 0 N–H and O–H groups in total. The maximum absolute atomic E-state index is 14.3. The standard InChI is InChI=1S/C18H19Br2F3O3/c1-5-8-9(13(21)15(23)16(25-4)14(8)22)7-26-17(24)12-10(6-11(19)20)18(12,2)3/h6,10,12H,5,7H2,1-4H3/t10-,12-/m0/s1. The molecule has 2 rings (SSSR count). The highest BCUT2D eigenvalue weighted by Crippen LogP contribution is 2.60. The first kappa shape index (κ1) is 21.3. The Bertz CT molecular complexity index is 759. The van der Waals surface area contributed by atoms with Gasteiger partial charge in [-0.05, 0) is 49.6 Å². The molecule has 26 heavy (non-hydrogen) atoms. The number of hydrogen-bond acceptors (Lipinski definition) is 3. The third-order valence-electron chi connectivity index (χ3n) is 4.87. The van der Waals surface area contributed by atoms with E-state index in [4.69, 9.17) is 4.74 Å². The smallest absolute Gasteiger partial charge is 0.310 e. The largest absolute Gasteiger partial charge is 0.491 e. The van der Waals surface area contributed by atoms with Gasteiger partial charge in [0.05, 0.1) is 16.4 Å². The van der Waals surface area contributed by atoms with Crippen LogP contribution in [0.25, 0.3) is 0 Å². The molecule has 144 valence electrons. The summed E-state index contributed by atoms with van der Waals surface area (Å²) in [6.45, 7) is 4.88. The Morgan fingerprint density at radius 3 is 2.27 bits per heavy atom. The fraction of sp³-hybridized carbons (Fsp3) is 0.500. The Balaban J connectivity index is 2.23. The quantitative estimate of drug-likeness (QED) is 0.376. The number of carbonyl (C=O) groups excluding carboxylic acids is 1. The normalized spacial score (nSPS) is 20.5. The number of hydrogen-bond donors (Lipinski definition) is 0. The predicted octanol–water partition coefficient (Wildman–Crippen LogP) is 5.62. The molecule has 1 fully saturated rings. The highest BCUT2D eigenvalue weighted by Gasteiger charge is 2.61. The zero-order valence-electron chi connectivity index (χ0n) is 14.8. The van der Waals surface area contributed by atoms with Crippen LogP contribution in [-0.2, 0) is 22.6 Å². The molecule has 2 atom stereocenters. The molecule has 0 unspecified atom stereocenters. The van der Waals surface area contributed by atoms with E-state index < -0.39 is 41.7 Å². The molecule has 1 aliphatic carbocycles. The summed E-state index contributed by atoms with van der Waals surface area (Å²) in [5, 5.41) is 0. The van der Waals surface area contributed by atoms with Crippen LogP contribution in [0.15, 0.2) is 9.47 Å². The van der Waals surface area contributed by atoms with E-state index in [2.05, 4.69) is 36.6 Å². The number of allylic oxidation sites excluding steroid dienone is 1. The van der Waals surface area contributed by atoms with Gasteiger partial charge in [-0.15, -0.1) is 0 Å². The molecule has 0 radical (unpaired) electrons. The molecule has 1 aromatic carbocycles. The molecule has 0 spiro atoms. The molecular weight excluding hydrogens is 481 g/mol. The van der Waals surface area contributed by atoms with Crippen molar-refractivity contribution in [1.82, 2.24) is 0 Å². The second-order valence-corrected chi connectivity index (χ2v) is 9.45. The lowest BCUT2D eigenvalue weighted by atomic mass is 10.0. The lowest BCUT2D eigenvalue weighted by Gasteiger charge is -2.15. The van der Waals surface area contributed by atoms with E-state index in [1.807, 2.05) is 19.9 Å². The van der Waals surface area contributed by atoms with Crippen molar-refractivity contribution in [2.24, 2.45) is 17.3 Å². The predicted molar refractivity (Wildman–Crippen MR) is 98.7 cm³/mol. The lowest BCUT2D eigenvalue weighted by molar-refractivity contribution is -0.147. The molecule has 1 saturated carbocycles. The van der Waals surface area contributed by atoms with Crippen LogP contribution in [0, 0.1) is 34.7 Å². The average molecular weight is 500 g/mol. The lowest BCUT2D eigenvalue weighted by Crippen LogP contribution is -2.14. The molecule has 0 heterocycles. The first-order valence-electron chi connectivity index (χ1n) is 7.99. The average Bonchev–Trinajstić information content (AvgIpc) is 3.09. The van der Waals surface area contributed by atoms with Gasteiger partial charge in [-0.25, -0.2) is 8.78 Å². The summed E-state index contributed by atoms with van der Waals surface area (Å²) in [6, 6.07) is 0. The van der Waals surface area contributed by atoms with Crippen LogP contribution < -0.4 is 4.74 Å². The molecule has 0 bridgehead atoms. The summed E-state index contributed by atoms with van der Waals surface area (Å²) >= 11 is 6.52. The number of methoxy groups -OCH3 is 1. The van der Waals surface area contributed by atoms with Crippen LogP contribution in [0.4, 0.5) is 13.2 Å². The SMILES string of the molecule is CCc1c(F)c(OC)c(F)c(F)c1COC(=O)[C@@H]1[C@H](C=C(Br)Br)C1(C)C. The molecule has 8 heteroatoms. The van der Waals surface area contributed by atoms with Crippen molar-refractivity contribution in [3.63, 3.8) is 0 Å². The van der Waals surface area contributed by atoms with E-state index in [-0.39, 0.29) is 28.9 Å².